The molecule has 1 amide bonds. The van der Waals surface area contributed by atoms with Gasteiger partial charge in [-0.25, -0.2) is 0 Å². The summed E-state index contributed by atoms with van der Waals surface area (Å²) in [7, 11) is -1.69. The average Bonchev–Trinajstić information content (AvgIpc) is 3.19. The lowest BCUT2D eigenvalue weighted by Gasteiger charge is -2.27. The molecule has 0 radical (unpaired) electrons. The molecule has 1 atom stereocenters. The Kier molecular flexibility index (Phi) is 4.75. The highest BCUT2D eigenvalue weighted by atomic mass is 32.2. The number of carbonyl (C=O) groups is 1. The Morgan fingerprint density at radius 3 is 2.41 bits per heavy atom. The summed E-state index contributed by atoms with van der Waals surface area (Å²) in [6, 6.07) is 0.401. The van der Waals surface area contributed by atoms with Gasteiger partial charge in [-0.05, 0) is 31.6 Å². The summed E-state index contributed by atoms with van der Waals surface area (Å²) in [5.41, 5.74) is 0. The molecule has 1 aliphatic carbocycles. The summed E-state index contributed by atoms with van der Waals surface area (Å²) in [5.74, 6) is 0.347. The fourth-order valence-corrected chi connectivity index (χ4v) is 5.59. The molecule has 2 saturated heterocycles. The van der Waals surface area contributed by atoms with Gasteiger partial charge in [0.15, 0.2) is 0 Å². The molecule has 0 aromatic heterocycles. The van der Waals surface area contributed by atoms with E-state index in [0.717, 1.165) is 32.2 Å². The molecule has 1 saturated carbocycles. The number of hydrogen-bond donors (Lipinski definition) is 0. The third-order valence-electron chi connectivity index (χ3n) is 5.30. The Hall–Kier alpha value is -0.660. The van der Waals surface area contributed by atoms with Crippen molar-refractivity contribution in [1.29, 1.82) is 0 Å². The fourth-order valence-electron chi connectivity index (χ4n) is 4.07. The zero-order valence-electron chi connectivity index (χ0n) is 13.4. The lowest BCUT2D eigenvalue weighted by Crippen LogP contribution is -2.43. The lowest BCUT2D eigenvalue weighted by molar-refractivity contribution is -0.129. The number of hydrogen-bond acceptors (Lipinski definition) is 3. The van der Waals surface area contributed by atoms with Crippen LogP contribution in [0.2, 0.25) is 0 Å². The second kappa shape index (κ2) is 6.45. The minimum Gasteiger partial charge on any atom is -0.339 e. The number of amides is 1. The first kappa shape index (κ1) is 16.2. The Labute approximate surface area is 133 Å². The van der Waals surface area contributed by atoms with Crippen molar-refractivity contribution in [3.8, 4) is 0 Å². The van der Waals surface area contributed by atoms with Gasteiger partial charge in [0.1, 0.15) is 0 Å². The molecule has 0 aromatic rings. The van der Waals surface area contributed by atoms with Crippen LogP contribution in [0.1, 0.15) is 44.9 Å². The van der Waals surface area contributed by atoms with Crippen LogP contribution in [0.15, 0.2) is 0 Å². The molecule has 126 valence electrons. The van der Waals surface area contributed by atoms with Crippen LogP contribution in [0.25, 0.3) is 0 Å². The van der Waals surface area contributed by atoms with E-state index in [2.05, 4.69) is 0 Å². The smallest absolute Gasteiger partial charge is 0.281 e. The van der Waals surface area contributed by atoms with Crippen LogP contribution in [-0.2, 0) is 15.0 Å². The number of nitrogens with zero attached hydrogens (tertiary/aromatic N) is 3. The lowest BCUT2D eigenvalue weighted by atomic mass is 10.1. The monoisotopic (exact) mass is 329 g/mol. The zero-order valence-corrected chi connectivity index (χ0v) is 14.2. The van der Waals surface area contributed by atoms with Gasteiger partial charge in [-0.2, -0.15) is 17.0 Å². The van der Waals surface area contributed by atoms with Crippen molar-refractivity contribution in [2.75, 3.05) is 33.2 Å². The molecule has 3 fully saturated rings. The molecule has 0 N–H and O–H groups in total. The van der Waals surface area contributed by atoms with Crippen LogP contribution < -0.4 is 0 Å². The maximum absolute atomic E-state index is 12.5. The molecule has 0 aromatic carbocycles. The minimum atomic E-state index is -3.34. The molecule has 3 aliphatic rings. The van der Waals surface area contributed by atoms with Gasteiger partial charge in [0.05, 0.1) is 0 Å². The third-order valence-corrected chi connectivity index (χ3v) is 7.26. The minimum absolute atomic E-state index is 0.135. The van der Waals surface area contributed by atoms with E-state index in [1.807, 2.05) is 4.90 Å². The van der Waals surface area contributed by atoms with Crippen molar-refractivity contribution in [2.45, 2.75) is 51.0 Å². The summed E-state index contributed by atoms with van der Waals surface area (Å²) in [4.78, 5) is 14.2. The quantitative estimate of drug-likeness (QED) is 0.757. The zero-order chi connectivity index (χ0) is 15.7. The Balaban J connectivity index is 1.58. The first-order valence-electron chi connectivity index (χ1n) is 8.49. The van der Waals surface area contributed by atoms with Gasteiger partial charge in [-0.3, -0.25) is 4.79 Å². The maximum Gasteiger partial charge on any atom is 0.281 e. The van der Waals surface area contributed by atoms with E-state index in [-0.39, 0.29) is 11.8 Å². The molecule has 22 heavy (non-hydrogen) atoms. The number of carbonyl (C=O) groups excluding carboxylic acids is 1. The molecule has 6 nitrogen and oxygen atoms in total. The largest absolute Gasteiger partial charge is 0.339 e. The maximum atomic E-state index is 12.5. The first-order chi connectivity index (χ1) is 10.5. The average molecular weight is 329 g/mol. The highest BCUT2D eigenvalue weighted by Crippen LogP contribution is 2.30. The second-order valence-corrected chi connectivity index (χ2v) is 8.98. The van der Waals surface area contributed by atoms with Gasteiger partial charge >= 0.3 is 0 Å². The van der Waals surface area contributed by atoms with E-state index in [0.29, 0.717) is 32.1 Å². The van der Waals surface area contributed by atoms with Crippen LogP contribution in [0.5, 0.6) is 0 Å². The highest BCUT2D eigenvalue weighted by molar-refractivity contribution is 7.86. The van der Waals surface area contributed by atoms with E-state index in [4.69, 9.17) is 0 Å². The number of rotatable bonds is 5. The van der Waals surface area contributed by atoms with Gasteiger partial charge in [-0.1, -0.05) is 12.8 Å². The SMILES string of the molecule is CN(CC1CC(=O)N(C2CCCC2)C1)S(=O)(=O)N1CCCC1. The van der Waals surface area contributed by atoms with Crippen LogP contribution >= 0.6 is 0 Å². The third kappa shape index (κ3) is 3.16. The molecule has 0 spiro atoms. The Morgan fingerprint density at radius 2 is 1.77 bits per heavy atom. The van der Waals surface area contributed by atoms with Crippen molar-refractivity contribution in [3.05, 3.63) is 0 Å². The van der Waals surface area contributed by atoms with Crippen LogP contribution in [0, 0.1) is 5.92 Å². The van der Waals surface area contributed by atoms with E-state index in [9.17, 15) is 13.2 Å². The normalized spacial score (nSPS) is 28.4. The van der Waals surface area contributed by atoms with Crippen LogP contribution in [0.3, 0.4) is 0 Å². The van der Waals surface area contributed by atoms with Gasteiger partial charge in [0.25, 0.3) is 10.2 Å². The second-order valence-electron chi connectivity index (χ2n) is 6.95. The van der Waals surface area contributed by atoms with E-state index in [1.165, 1.54) is 17.1 Å². The molecule has 3 rings (SSSR count). The molecule has 0 bridgehead atoms. The van der Waals surface area contributed by atoms with Gasteiger partial charge < -0.3 is 4.90 Å². The summed E-state index contributed by atoms with van der Waals surface area (Å²) in [6.45, 7) is 2.44. The van der Waals surface area contributed by atoms with Crippen molar-refractivity contribution in [3.63, 3.8) is 0 Å². The predicted molar refractivity (Wildman–Crippen MR) is 84.4 cm³/mol. The molecular formula is C15H27N3O3S. The Bertz CT molecular complexity index is 510. The van der Waals surface area contributed by atoms with Crippen molar-refractivity contribution in [2.24, 2.45) is 5.92 Å². The summed E-state index contributed by atoms with van der Waals surface area (Å²) < 4.78 is 28.0. The molecule has 7 heteroatoms. The standard InChI is InChI=1S/C15H27N3O3S/c1-16(22(20,21)17-8-4-5-9-17)11-13-10-15(19)18(12-13)14-6-2-3-7-14/h13-14H,2-12H2,1H3. The molecule has 1 unspecified atom stereocenters. The van der Waals surface area contributed by atoms with Crippen LogP contribution in [0.4, 0.5) is 0 Å². The summed E-state index contributed by atoms with van der Waals surface area (Å²) in [5, 5.41) is 0. The van der Waals surface area contributed by atoms with Crippen molar-refractivity contribution >= 4 is 16.1 Å². The molecular weight excluding hydrogens is 302 g/mol. The predicted octanol–water partition coefficient (Wildman–Crippen LogP) is 1.05. The van der Waals surface area contributed by atoms with Gasteiger partial charge in [0, 0.05) is 45.7 Å². The highest BCUT2D eigenvalue weighted by Gasteiger charge is 2.38. The van der Waals surface area contributed by atoms with Crippen molar-refractivity contribution < 1.29 is 13.2 Å². The topological polar surface area (TPSA) is 60.9 Å². The van der Waals surface area contributed by atoms with Gasteiger partial charge in [-0.15, -0.1) is 0 Å². The molecule has 2 heterocycles. The fraction of sp³-hybridized carbons (Fsp3) is 0.933. The van der Waals surface area contributed by atoms with Crippen LogP contribution in [-0.4, -0.2) is 67.1 Å². The summed E-state index contributed by atoms with van der Waals surface area (Å²) >= 11 is 0. The van der Waals surface area contributed by atoms with Gasteiger partial charge in [0.2, 0.25) is 5.91 Å². The Morgan fingerprint density at radius 1 is 1.14 bits per heavy atom. The first-order valence-corrected chi connectivity index (χ1v) is 9.89. The van der Waals surface area contributed by atoms with E-state index in [1.54, 1.807) is 11.4 Å². The van der Waals surface area contributed by atoms with E-state index < -0.39 is 10.2 Å². The van der Waals surface area contributed by atoms with Crippen molar-refractivity contribution in [1.82, 2.24) is 13.5 Å². The van der Waals surface area contributed by atoms with E-state index >= 15 is 0 Å². The summed E-state index contributed by atoms with van der Waals surface area (Å²) in [6.07, 6.45) is 7.04. The molecule has 2 aliphatic heterocycles. The number of likely N-dealkylation sites (tertiary alicyclic amines) is 1.